The lowest BCUT2D eigenvalue weighted by Gasteiger charge is -2.26. The van der Waals surface area contributed by atoms with Crippen molar-refractivity contribution in [2.45, 2.75) is 30.9 Å². The fourth-order valence-electron chi connectivity index (χ4n) is 1.74. The lowest BCUT2D eigenvalue weighted by molar-refractivity contribution is -0.137. The first-order valence-electron chi connectivity index (χ1n) is 6.46. The summed E-state index contributed by atoms with van der Waals surface area (Å²) in [6.07, 6.45) is -4.49. The number of carbonyl (C=O) groups excluding carboxylic acids is 1. The van der Waals surface area contributed by atoms with E-state index in [0.717, 1.165) is 12.1 Å². The van der Waals surface area contributed by atoms with E-state index in [9.17, 15) is 31.1 Å². The Labute approximate surface area is 133 Å². The van der Waals surface area contributed by atoms with Crippen LogP contribution in [0.4, 0.5) is 26.3 Å². The number of amides is 1. The van der Waals surface area contributed by atoms with Gasteiger partial charge in [-0.25, -0.2) is 0 Å². The summed E-state index contributed by atoms with van der Waals surface area (Å²) in [6, 6.07) is 4.63. The Morgan fingerprint density at radius 2 is 1.65 bits per heavy atom. The number of benzene rings is 1. The maximum Gasteiger partial charge on any atom is 0.442 e. The van der Waals surface area contributed by atoms with E-state index in [4.69, 9.17) is 0 Å². The van der Waals surface area contributed by atoms with Gasteiger partial charge in [0.15, 0.2) is 0 Å². The van der Waals surface area contributed by atoms with Gasteiger partial charge in [0, 0.05) is 12.0 Å². The zero-order chi connectivity index (χ0) is 17.9. The second kappa shape index (κ2) is 7.02. The molecule has 0 spiro atoms. The van der Waals surface area contributed by atoms with Gasteiger partial charge in [-0.1, -0.05) is 32.0 Å². The molecule has 0 aliphatic rings. The zero-order valence-electron chi connectivity index (χ0n) is 12.3. The van der Waals surface area contributed by atoms with Gasteiger partial charge in [0.1, 0.15) is 0 Å². The van der Waals surface area contributed by atoms with Crippen molar-refractivity contribution in [1.82, 2.24) is 5.32 Å². The highest BCUT2D eigenvalue weighted by molar-refractivity contribution is 8.00. The first kappa shape index (κ1) is 19.7. The molecule has 0 aliphatic carbocycles. The van der Waals surface area contributed by atoms with Gasteiger partial charge in [-0.2, -0.15) is 26.3 Å². The number of halogens is 6. The number of nitrogens with one attached hydrogen (secondary N) is 1. The molecular formula is C14H15F6NOS. The summed E-state index contributed by atoms with van der Waals surface area (Å²) in [5, 5.41) is 2.31. The summed E-state index contributed by atoms with van der Waals surface area (Å²) in [5.74, 6) is -1.62. The second-order valence-electron chi connectivity index (χ2n) is 5.47. The molecule has 0 atom stereocenters. The molecule has 0 fully saturated rings. The average molecular weight is 359 g/mol. The summed E-state index contributed by atoms with van der Waals surface area (Å²) in [7, 11) is 0. The monoisotopic (exact) mass is 359 g/mol. The lowest BCUT2D eigenvalue weighted by Crippen LogP contribution is -2.38. The number of hydrogen-bond donors (Lipinski definition) is 1. The molecule has 0 aromatic heterocycles. The Bertz CT molecular complexity index is 553. The van der Waals surface area contributed by atoms with Gasteiger partial charge >= 0.3 is 11.7 Å². The van der Waals surface area contributed by atoms with Gasteiger partial charge < -0.3 is 5.32 Å². The maximum atomic E-state index is 12.7. The summed E-state index contributed by atoms with van der Waals surface area (Å²) in [4.78, 5) is 11.4. The minimum absolute atomic E-state index is 0.0778. The Balaban J connectivity index is 2.71. The van der Waals surface area contributed by atoms with Crippen LogP contribution in [0.15, 0.2) is 24.3 Å². The number of carbonyl (C=O) groups is 1. The van der Waals surface area contributed by atoms with Crippen LogP contribution in [0.25, 0.3) is 0 Å². The third-order valence-electron chi connectivity index (χ3n) is 3.07. The molecule has 2 nitrogen and oxygen atoms in total. The summed E-state index contributed by atoms with van der Waals surface area (Å²) in [6.45, 7) is 3.12. The Hall–Kier alpha value is -1.38. The van der Waals surface area contributed by atoms with Crippen LogP contribution < -0.4 is 5.32 Å². The summed E-state index contributed by atoms with van der Waals surface area (Å²) < 4.78 is 74.1. The molecule has 9 heteroatoms. The van der Waals surface area contributed by atoms with Crippen molar-refractivity contribution < 1.29 is 31.1 Å². The number of alkyl halides is 6. The van der Waals surface area contributed by atoms with E-state index >= 15 is 0 Å². The van der Waals surface area contributed by atoms with Crippen LogP contribution in [0, 0.1) is 0 Å². The molecule has 1 rings (SSSR count). The Kier molecular flexibility index (Phi) is 6.00. The average Bonchev–Trinajstić information content (AvgIpc) is 2.41. The smallest absolute Gasteiger partial charge is 0.355 e. The van der Waals surface area contributed by atoms with Gasteiger partial charge in [0.2, 0.25) is 5.91 Å². The molecule has 0 saturated heterocycles. The molecule has 0 saturated carbocycles. The van der Waals surface area contributed by atoms with E-state index in [1.807, 2.05) is 0 Å². The van der Waals surface area contributed by atoms with Gasteiger partial charge in [0.05, 0.1) is 11.3 Å². The molecular weight excluding hydrogens is 344 g/mol. The highest BCUT2D eigenvalue weighted by atomic mass is 32.2. The van der Waals surface area contributed by atoms with E-state index in [1.165, 1.54) is 12.1 Å². The molecule has 0 aliphatic heterocycles. The van der Waals surface area contributed by atoms with Gasteiger partial charge in [-0.3, -0.25) is 4.79 Å². The lowest BCUT2D eigenvalue weighted by atomic mass is 9.83. The van der Waals surface area contributed by atoms with Crippen molar-refractivity contribution in [3.8, 4) is 0 Å². The minimum Gasteiger partial charge on any atom is -0.355 e. The van der Waals surface area contributed by atoms with Crippen LogP contribution in [0.5, 0.6) is 0 Å². The van der Waals surface area contributed by atoms with E-state index in [0.29, 0.717) is 5.56 Å². The van der Waals surface area contributed by atoms with Crippen molar-refractivity contribution in [3.63, 3.8) is 0 Å². The van der Waals surface area contributed by atoms with E-state index in [2.05, 4.69) is 5.32 Å². The number of thioether (sulfide) groups is 1. The van der Waals surface area contributed by atoms with Crippen molar-refractivity contribution in [1.29, 1.82) is 0 Å². The molecule has 0 unspecified atom stereocenters. The van der Waals surface area contributed by atoms with Crippen LogP contribution in [-0.2, 0) is 16.4 Å². The molecule has 1 aromatic carbocycles. The van der Waals surface area contributed by atoms with E-state index in [1.54, 1.807) is 13.8 Å². The van der Waals surface area contributed by atoms with Crippen LogP contribution in [0.3, 0.4) is 0 Å². The highest BCUT2D eigenvalue weighted by Gasteiger charge is 2.33. The largest absolute Gasteiger partial charge is 0.442 e. The molecule has 0 bridgehead atoms. The van der Waals surface area contributed by atoms with Gasteiger partial charge in [-0.05, 0) is 23.4 Å². The molecule has 130 valence electrons. The van der Waals surface area contributed by atoms with Crippen LogP contribution in [-0.4, -0.2) is 23.7 Å². The second-order valence-corrected chi connectivity index (χ2v) is 6.51. The molecule has 1 amide bonds. The van der Waals surface area contributed by atoms with Crippen molar-refractivity contribution >= 4 is 17.7 Å². The van der Waals surface area contributed by atoms with Crippen molar-refractivity contribution in [3.05, 3.63) is 35.4 Å². The molecule has 0 heterocycles. The van der Waals surface area contributed by atoms with Crippen molar-refractivity contribution in [2.24, 2.45) is 0 Å². The SMILES string of the molecule is CC(C)(CNC(=O)CSC(F)(F)F)c1cccc(C(F)(F)F)c1. The van der Waals surface area contributed by atoms with Crippen LogP contribution in [0.1, 0.15) is 25.0 Å². The fourth-order valence-corrected chi connectivity index (χ4v) is 2.13. The van der Waals surface area contributed by atoms with Crippen LogP contribution >= 0.6 is 11.8 Å². The number of rotatable bonds is 5. The van der Waals surface area contributed by atoms with Gasteiger partial charge in [0.25, 0.3) is 0 Å². The first-order chi connectivity index (χ1) is 10.3. The third kappa shape index (κ3) is 6.72. The quantitative estimate of drug-likeness (QED) is 0.792. The van der Waals surface area contributed by atoms with Gasteiger partial charge in [-0.15, -0.1) is 0 Å². The standard InChI is InChI=1S/C14H15F6NOS/c1-12(2,8-21-11(22)7-23-14(18,19)20)9-4-3-5-10(6-9)13(15,16)17/h3-6H,7-8H2,1-2H3,(H,21,22). The minimum atomic E-state index is -4.51. The maximum absolute atomic E-state index is 12.7. The highest BCUT2D eigenvalue weighted by Crippen LogP contribution is 2.33. The third-order valence-corrected chi connectivity index (χ3v) is 3.80. The Morgan fingerprint density at radius 3 is 2.17 bits per heavy atom. The van der Waals surface area contributed by atoms with Crippen molar-refractivity contribution in [2.75, 3.05) is 12.3 Å². The fraction of sp³-hybridized carbons (Fsp3) is 0.500. The van der Waals surface area contributed by atoms with E-state index < -0.39 is 46.1 Å². The Morgan fingerprint density at radius 1 is 1.09 bits per heavy atom. The van der Waals surface area contributed by atoms with Crippen LogP contribution in [0.2, 0.25) is 0 Å². The molecule has 23 heavy (non-hydrogen) atoms. The normalized spacial score (nSPS) is 13.0. The molecule has 1 N–H and O–H groups in total. The summed E-state index contributed by atoms with van der Waals surface area (Å²) >= 11 is -0.467. The first-order valence-corrected chi connectivity index (χ1v) is 7.45. The topological polar surface area (TPSA) is 29.1 Å². The molecule has 0 radical (unpaired) electrons. The number of hydrogen-bond acceptors (Lipinski definition) is 2. The summed E-state index contributed by atoms with van der Waals surface area (Å²) in [5.41, 5.74) is -5.86. The zero-order valence-corrected chi connectivity index (χ0v) is 13.1. The van der Waals surface area contributed by atoms with E-state index in [-0.39, 0.29) is 6.54 Å². The molecule has 1 aromatic rings. The predicted octanol–water partition coefficient (Wildman–Crippen LogP) is 4.35. The predicted molar refractivity (Wildman–Crippen MR) is 76.0 cm³/mol.